The average Bonchev–Trinajstić information content (AvgIpc) is 2.51. The molecule has 1 fully saturated rings. The van der Waals surface area contributed by atoms with Gasteiger partial charge in [-0.2, -0.15) is 0 Å². The summed E-state index contributed by atoms with van der Waals surface area (Å²) in [6.07, 6.45) is 14.9. The second kappa shape index (κ2) is 9.94. The quantitative estimate of drug-likeness (QED) is 0.615. The maximum Gasteiger partial charge on any atom is 0.191 e. The minimum absolute atomic E-state index is 0.317. The molecule has 1 saturated carbocycles. The normalized spacial score (nSPS) is 19.2. The second-order valence-corrected chi connectivity index (χ2v) is 6.52. The maximum absolute atomic E-state index is 6.11. The largest absolute Gasteiger partial charge is 0.480 e. The number of rotatable bonds is 2. The van der Waals surface area contributed by atoms with Gasteiger partial charge in [0.15, 0.2) is 5.05 Å². The molecular formula is C19H28OS. The fourth-order valence-corrected chi connectivity index (χ4v) is 3.31. The third kappa shape index (κ3) is 6.60. The first-order valence-electron chi connectivity index (χ1n) is 8.62. The van der Waals surface area contributed by atoms with Gasteiger partial charge in [0.2, 0.25) is 0 Å². The molecule has 0 heterocycles. The molecule has 21 heavy (non-hydrogen) atoms. The zero-order valence-corrected chi connectivity index (χ0v) is 13.9. The molecule has 2 rings (SSSR count). The van der Waals surface area contributed by atoms with Crippen molar-refractivity contribution >= 4 is 17.3 Å². The zero-order valence-electron chi connectivity index (χ0n) is 13.1. The van der Waals surface area contributed by atoms with Gasteiger partial charge in [0, 0.05) is 5.56 Å². The minimum atomic E-state index is 0.317. The lowest BCUT2D eigenvalue weighted by atomic mass is 9.99. The molecule has 0 aliphatic heterocycles. The summed E-state index contributed by atoms with van der Waals surface area (Å²) in [5.41, 5.74) is 1.04. The first-order valence-corrected chi connectivity index (χ1v) is 9.03. The van der Waals surface area contributed by atoms with Crippen molar-refractivity contribution < 1.29 is 4.74 Å². The van der Waals surface area contributed by atoms with Crippen molar-refractivity contribution in [3.8, 4) is 0 Å². The van der Waals surface area contributed by atoms with E-state index in [-0.39, 0.29) is 0 Å². The number of hydrogen-bond donors (Lipinski definition) is 0. The molecule has 0 bridgehead atoms. The predicted molar refractivity (Wildman–Crippen MR) is 93.8 cm³/mol. The third-order valence-electron chi connectivity index (χ3n) is 4.34. The minimum Gasteiger partial charge on any atom is -0.480 e. The van der Waals surface area contributed by atoms with Crippen LogP contribution in [-0.2, 0) is 4.74 Å². The molecule has 0 N–H and O–H groups in total. The molecular weight excluding hydrogens is 276 g/mol. The van der Waals surface area contributed by atoms with E-state index in [1.807, 2.05) is 30.3 Å². The zero-order chi connectivity index (χ0) is 14.8. The van der Waals surface area contributed by atoms with Crippen LogP contribution in [0.1, 0.15) is 76.2 Å². The fourth-order valence-electron chi connectivity index (χ4n) is 3.04. The molecule has 0 spiro atoms. The fraction of sp³-hybridized carbons (Fsp3) is 0.632. The molecule has 1 aliphatic carbocycles. The van der Waals surface area contributed by atoms with Gasteiger partial charge in [0.05, 0.1) is 6.10 Å². The monoisotopic (exact) mass is 304 g/mol. The van der Waals surface area contributed by atoms with Gasteiger partial charge in [-0.05, 0) is 37.9 Å². The Morgan fingerprint density at radius 1 is 0.762 bits per heavy atom. The van der Waals surface area contributed by atoms with Gasteiger partial charge in [0.25, 0.3) is 0 Å². The smallest absolute Gasteiger partial charge is 0.191 e. The highest BCUT2D eigenvalue weighted by molar-refractivity contribution is 7.80. The standard InChI is InChI=1S/C19H28OS/c21-19(17-13-9-8-10-14-17)20-18-15-11-6-4-2-1-3-5-7-12-16-18/h8-10,13-14,18H,1-7,11-12,15-16H2. The summed E-state index contributed by atoms with van der Waals surface area (Å²) in [6.45, 7) is 0. The molecule has 0 atom stereocenters. The van der Waals surface area contributed by atoms with Crippen LogP contribution in [0.15, 0.2) is 30.3 Å². The molecule has 0 aromatic heterocycles. The van der Waals surface area contributed by atoms with E-state index >= 15 is 0 Å². The second-order valence-electron chi connectivity index (χ2n) is 6.15. The number of ether oxygens (including phenoxy) is 1. The van der Waals surface area contributed by atoms with Crippen LogP contribution in [0.5, 0.6) is 0 Å². The summed E-state index contributed by atoms with van der Waals surface area (Å²) in [5, 5.41) is 0.674. The topological polar surface area (TPSA) is 9.23 Å². The van der Waals surface area contributed by atoms with E-state index < -0.39 is 0 Å². The maximum atomic E-state index is 6.11. The van der Waals surface area contributed by atoms with Crippen molar-refractivity contribution in [2.24, 2.45) is 0 Å². The highest BCUT2D eigenvalue weighted by Gasteiger charge is 2.13. The number of thiocarbonyl (C=S) groups is 1. The van der Waals surface area contributed by atoms with E-state index in [2.05, 4.69) is 0 Å². The summed E-state index contributed by atoms with van der Waals surface area (Å²) < 4.78 is 6.11. The van der Waals surface area contributed by atoms with Gasteiger partial charge in [-0.1, -0.05) is 75.3 Å². The van der Waals surface area contributed by atoms with Crippen molar-refractivity contribution in [1.82, 2.24) is 0 Å². The van der Waals surface area contributed by atoms with Gasteiger partial charge in [-0.25, -0.2) is 0 Å². The van der Waals surface area contributed by atoms with Crippen molar-refractivity contribution in [1.29, 1.82) is 0 Å². The van der Waals surface area contributed by atoms with E-state index in [1.165, 1.54) is 57.8 Å². The Bertz CT molecular complexity index is 389. The average molecular weight is 304 g/mol. The van der Waals surface area contributed by atoms with E-state index in [0.717, 1.165) is 18.4 Å². The molecule has 1 aromatic carbocycles. The van der Waals surface area contributed by atoms with Gasteiger partial charge in [-0.3, -0.25) is 0 Å². The highest BCUT2D eigenvalue weighted by Crippen LogP contribution is 2.20. The molecule has 1 aliphatic rings. The Morgan fingerprint density at radius 2 is 1.24 bits per heavy atom. The van der Waals surface area contributed by atoms with E-state index in [4.69, 9.17) is 17.0 Å². The number of benzene rings is 1. The Hall–Kier alpha value is -0.890. The van der Waals surface area contributed by atoms with E-state index in [0.29, 0.717) is 11.2 Å². The molecule has 1 aromatic rings. The van der Waals surface area contributed by atoms with Crippen molar-refractivity contribution in [3.05, 3.63) is 35.9 Å². The predicted octanol–water partition coefficient (Wildman–Crippen LogP) is 6.05. The van der Waals surface area contributed by atoms with Gasteiger partial charge in [0.1, 0.15) is 0 Å². The summed E-state index contributed by atoms with van der Waals surface area (Å²) in [7, 11) is 0. The van der Waals surface area contributed by atoms with Crippen LogP contribution in [0, 0.1) is 0 Å². The van der Waals surface area contributed by atoms with Crippen LogP contribution < -0.4 is 0 Å². The van der Waals surface area contributed by atoms with Crippen LogP contribution in [0.25, 0.3) is 0 Å². The summed E-state index contributed by atoms with van der Waals surface area (Å²) in [5.74, 6) is 0. The number of hydrogen-bond acceptors (Lipinski definition) is 2. The Labute approximate surface area is 135 Å². The molecule has 0 saturated heterocycles. The van der Waals surface area contributed by atoms with Crippen LogP contribution in [0.3, 0.4) is 0 Å². The lowest BCUT2D eigenvalue weighted by Crippen LogP contribution is -2.18. The van der Waals surface area contributed by atoms with E-state index in [1.54, 1.807) is 0 Å². The SMILES string of the molecule is S=C(OC1CCCCCCCCCCC1)c1ccccc1. The molecule has 116 valence electrons. The molecule has 2 heteroatoms. The summed E-state index contributed by atoms with van der Waals surface area (Å²) in [6, 6.07) is 10.1. The van der Waals surface area contributed by atoms with Crippen molar-refractivity contribution in [3.63, 3.8) is 0 Å². The van der Waals surface area contributed by atoms with Crippen molar-refractivity contribution in [2.75, 3.05) is 0 Å². The Kier molecular flexibility index (Phi) is 7.80. The van der Waals surface area contributed by atoms with Crippen molar-refractivity contribution in [2.45, 2.75) is 76.7 Å². The summed E-state index contributed by atoms with van der Waals surface area (Å²) in [4.78, 5) is 0. The highest BCUT2D eigenvalue weighted by atomic mass is 32.1. The van der Waals surface area contributed by atoms with Crippen LogP contribution in [0.2, 0.25) is 0 Å². The first-order chi connectivity index (χ1) is 10.4. The van der Waals surface area contributed by atoms with Gasteiger partial charge >= 0.3 is 0 Å². The van der Waals surface area contributed by atoms with Gasteiger partial charge in [-0.15, -0.1) is 0 Å². The first kappa shape index (κ1) is 16.5. The van der Waals surface area contributed by atoms with E-state index in [9.17, 15) is 0 Å². The molecule has 0 unspecified atom stereocenters. The molecule has 1 nitrogen and oxygen atoms in total. The lowest BCUT2D eigenvalue weighted by Gasteiger charge is -2.20. The third-order valence-corrected chi connectivity index (χ3v) is 4.67. The van der Waals surface area contributed by atoms with Crippen LogP contribution in [0.4, 0.5) is 0 Å². The van der Waals surface area contributed by atoms with Crippen LogP contribution in [-0.4, -0.2) is 11.2 Å². The molecule has 0 amide bonds. The van der Waals surface area contributed by atoms with Crippen LogP contribution >= 0.6 is 12.2 Å². The summed E-state index contributed by atoms with van der Waals surface area (Å²) >= 11 is 5.47. The van der Waals surface area contributed by atoms with Gasteiger partial charge < -0.3 is 4.74 Å². The molecule has 0 radical (unpaired) electrons. The Morgan fingerprint density at radius 3 is 1.76 bits per heavy atom. The Balaban J connectivity index is 1.84. The lowest BCUT2D eigenvalue weighted by molar-refractivity contribution is 0.165.